The monoisotopic (exact) mass is 413 g/mol. The zero-order valence-corrected chi connectivity index (χ0v) is 18.7. The van der Waals surface area contributed by atoms with E-state index < -0.39 is 0 Å². The van der Waals surface area contributed by atoms with Crippen LogP contribution >= 0.6 is 0 Å². The second-order valence-corrected chi connectivity index (χ2v) is 9.29. The number of piperidine rings is 2. The van der Waals surface area contributed by atoms with Crippen molar-refractivity contribution in [2.75, 3.05) is 50.8 Å². The number of likely N-dealkylation sites (tertiary alicyclic amines) is 2. The first-order chi connectivity index (χ1) is 14.4. The highest BCUT2D eigenvalue weighted by atomic mass is 16.6. The molecule has 164 valence electrons. The Hall–Kier alpha value is -2.08. The summed E-state index contributed by atoms with van der Waals surface area (Å²) in [5, 5.41) is 0. The predicted molar refractivity (Wildman–Crippen MR) is 118 cm³/mol. The van der Waals surface area contributed by atoms with Crippen LogP contribution in [0.4, 0.5) is 10.5 Å². The Morgan fingerprint density at radius 3 is 2.47 bits per heavy atom. The van der Waals surface area contributed by atoms with Gasteiger partial charge in [0.2, 0.25) is 5.91 Å². The lowest BCUT2D eigenvalue weighted by Gasteiger charge is -2.42. The van der Waals surface area contributed by atoms with E-state index in [2.05, 4.69) is 30.0 Å². The van der Waals surface area contributed by atoms with E-state index >= 15 is 0 Å². The lowest BCUT2D eigenvalue weighted by atomic mass is 9.74. The number of ether oxygens (including phenoxy) is 1. The quantitative estimate of drug-likeness (QED) is 0.760. The summed E-state index contributed by atoms with van der Waals surface area (Å²) in [5.41, 5.74) is 3.84. The minimum atomic E-state index is -0.166. The number of anilines is 1. The number of hydrogen-bond acceptors (Lipinski definition) is 4. The van der Waals surface area contributed by atoms with Gasteiger partial charge in [0, 0.05) is 38.5 Å². The number of amides is 2. The van der Waals surface area contributed by atoms with Gasteiger partial charge in [-0.2, -0.15) is 0 Å². The van der Waals surface area contributed by atoms with Gasteiger partial charge in [0.05, 0.1) is 12.3 Å². The molecule has 0 unspecified atom stereocenters. The number of hydrogen-bond donors (Lipinski definition) is 0. The fraction of sp³-hybridized carbons (Fsp3) is 0.667. The lowest BCUT2D eigenvalue weighted by Crippen LogP contribution is -2.48. The fourth-order valence-corrected chi connectivity index (χ4v) is 5.65. The molecule has 0 bridgehead atoms. The summed E-state index contributed by atoms with van der Waals surface area (Å²) in [6.45, 7) is 11.8. The van der Waals surface area contributed by atoms with Gasteiger partial charge in [0.15, 0.2) is 0 Å². The van der Waals surface area contributed by atoms with E-state index in [0.717, 1.165) is 70.6 Å². The van der Waals surface area contributed by atoms with E-state index in [1.807, 2.05) is 16.7 Å². The van der Waals surface area contributed by atoms with Gasteiger partial charge in [-0.05, 0) is 69.7 Å². The van der Waals surface area contributed by atoms with Crippen molar-refractivity contribution in [3.05, 3.63) is 29.3 Å². The van der Waals surface area contributed by atoms with Crippen LogP contribution in [0.5, 0.6) is 0 Å². The summed E-state index contributed by atoms with van der Waals surface area (Å²) in [7, 11) is 0. The number of aryl methyl sites for hydroxylation is 1. The average molecular weight is 414 g/mol. The molecule has 1 spiro atoms. The van der Waals surface area contributed by atoms with Crippen LogP contribution in [0.1, 0.15) is 50.7 Å². The van der Waals surface area contributed by atoms with Crippen molar-refractivity contribution in [1.29, 1.82) is 0 Å². The first-order valence-electron chi connectivity index (χ1n) is 11.5. The molecule has 0 saturated carbocycles. The van der Waals surface area contributed by atoms with Crippen molar-refractivity contribution in [3.63, 3.8) is 0 Å². The van der Waals surface area contributed by atoms with E-state index in [0.29, 0.717) is 12.5 Å². The van der Waals surface area contributed by atoms with Gasteiger partial charge in [-0.15, -0.1) is 0 Å². The van der Waals surface area contributed by atoms with E-state index in [1.165, 1.54) is 11.1 Å². The third kappa shape index (κ3) is 3.94. The molecule has 4 rings (SSSR count). The Morgan fingerprint density at radius 2 is 1.83 bits per heavy atom. The minimum absolute atomic E-state index is 0.108. The van der Waals surface area contributed by atoms with Gasteiger partial charge in [-0.3, -0.25) is 4.79 Å². The molecular formula is C24H35N3O3. The maximum Gasteiger partial charge on any atom is 0.409 e. The number of fused-ring (bicyclic) bond motifs is 2. The van der Waals surface area contributed by atoms with Crippen molar-refractivity contribution in [1.82, 2.24) is 9.80 Å². The topological polar surface area (TPSA) is 53.1 Å². The minimum Gasteiger partial charge on any atom is -0.450 e. The first kappa shape index (κ1) is 21.2. The van der Waals surface area contributed by atoms with Crippen LogP contribution in [0, 0.1) is 12.8 Å². The molecule has 2 saturated heterocycles. The fourth-order valence-electron chi connectivity index (χ4n) is 5.65. The Labute approximate surface area is 180 Å². The maximum atomic E-state index is 12.3. The van der Waals surface area contributed by atoms with E-state index in [9.17, 15) is 9.59 Å². The Bertz CT molecular complexity index is 793. The van der Waals surface area contributed by atoms with Crippen molar-refractivity contribution in [2.24, 2.45) is 5.92 Å². The standard InChI is InChI=1S/C24H35N3O3/c1-4-30-23(29)26-12-8-20(9-13-26)16-25-14-10-24(11-15-25)17-27(19(3)28)22-18(2)6-5-7-21(22)24/h5-7,20H,4,8-17H2,1-3H3. The number of carbonyl (C=O) groups excluding carboxylic acids is 2. The van der Waals surface area contributed by atoms with Crippen LogP contribution in [-0.4, -0.2) is 67.7 Å². The van der Waals surface area contributed by atoms with Crippen LogP contribution < -0.4 is 4.90 Å². The summed E-state index contributed by atoms with van der Waals surface area (Å²) in [5.74, 6) is 0.801. The molecule has 2 fully saturated rings. The molecule has 1 aromatic carbocycles. The zero-order valence-electron chi connectivity index (χ0n) is 18.7. The highest BCUT2D eigenvalue weighted by Gasteiger charge is 2.46. The molecular weight excluding hydrogens is 378 g/mol. The molecule has 0 atom stereocenters. The van der Waals surface area contributed by atoms with Gasteiger partial charge in [-0.1, -0.05) is 18.2 Å². The Balaban J connectivity index is 1.35. The third-order valence-corrected chi connectivity index (χ3v) is 7.39. The highest BCUT2D eigenvalue weighted by molar-refractivity contribution is 5.95. The molecule has 6 nitrogen and oxygen atoms in total. The third-order valence-electron chi connectivity index (χ3n) is 7.39. The molecule has 6 heteroatoms. The molecule has 0 aromatic heterocycles. The van der Waals surface area contributed by atoms with Gasteiger partial charge >= 0.3 is 6.09 Å². The number of carbonyl (C=O) groups is 2. The van der Waals surface area contributed by atoms with Crippen molar-refractivity contribution < 1.29 is 14.3 Å². The summed E-state index contributed by atoms with van der Waals surface area (Å²) in [6.07, 6.45) is 4.16. The average Bonchev–Trinajstić information content (AvgIpc) is 3.06. The Kier molecular flexibility index (Phi) is 6.05. The van der Waals surface area contributed by atoms with Crippen LogP contribution in [0.25, 0.3) is 0 Å². The number of nitrogens with zero attached hydrogens (tertiary/aromatic N) is 3. The molecule has 3 aliphatic heterocycles. The van der Waals surface area contributed by atoms with Crippen LogP contribution in [0.3, 0.4) is 0 Å². The summed E-state index contributed by atoms with van der Waals surface area (Å²) in [4.78, 5) is 30.7. The molecule has 30 heavy (non-hydrogen) atoms. The van der Waals surface area contributed by atoms with Crippen LogP contribution in [0.2, 0.25) is 0 Å². The maximum absolute atomic E-state index is 12.3. The summed E-state index contributed by atoms with van der Waals surface area (Å²) in [6, 6.07) is 6.50. The lowest BCUT2D eigenvalue weighted by molar-refractivity contribution is -0.116. The smallest absolute Gasteiger partial charge is 0.409 e. The van der Waals surface area contributed by atoms with E-state index in [-0.39, 0.29) is 17.4 Å². The predicted octanol–water partition coefficient (Wildman–Crippen LogP) is 3.56. The van der Waals surface area contributed by atoms with E-state index in [4.69, 9.17) is 4.74 Å². The van der Waals surface area contributed by atoms with Gasteiger partial charge < -0.3 is 19.4 Å². The molecule has 3 aliphatic rings. The molecule has 2 amide bonds. The van der Waals surface area contributed by atoms with E-state index in [1.54, 1.807) is 6.92 Å². The second kappa shape index (κ2) is 8.58. The van der Waals surface area contributed by atoms with Crippen LogP contribution in [-0.2, 0) is 14.9 Å². The van der Waals surface area contributed by atoms with Crippen LogP contribution in [0.15, 0.2) is 18.2 Å². The van der Waals surface area contributed by atoms with Gasteiger partial charge in [-0.25, -0.2) is 4.79 Å². The number of rotatable bonds is 3. The van der Waals surface area contributed by atoms with Crippen molar-refractivity contribution in [3.8, 4) is 0 Å². The summed E-state index contributed by atoms with van der Waals surface area (Å²) < 4.78 is 5.13. The zero-order chi connectivity index (χ0) is 21.3. The number of para-hydroxylation sites is 1. The molecule has 0 aliphatic carbocycles. The van der Waals surface area contributed by atoms with Gasteiger partial charge in [0.1, 0.15) is 0 Å². The SMILES string of the molecule is CCOC(=O)N1CCC(CN2CCC3(CC2)CN(C(C)=O)c2c(C)cccc23)CC1. The highest BCUT2D eigenvalue weighted by Crippen LogP contribution is 2.48. The summed E-state index contributed by atoms with van der Waals surface area (Å²) >= 11 is 0. The largest absolute Gasteiger partial charge is 0.450 e. The molecule has 0 radical (unpaired) electrons. The van der Waals surface area contributed by atoms with Crippen molar-refractivity contribution in [2.45, 2.75) is 51.9 Å². The first-order valence-corrected chi connectivity index (χ1v) is 11.5. The molecule has 3 heterocycles. The molecule has 0 N–H and O–H groups in total. The van der Waals surface area contributed by atoms with Gasteiger partial charge in [0.25, 0.3) is 0 Å². The van der Waals surface area contributed by atoms with Crippen molar-refractivity contribution >= 4 is 17.7 Å². The Morgan fingerprint density at radius 1 is 1.13 bits per heavy atom. The molecule has 1 aromatic rings. The number of benzene rings is 1. The second-order valence-electron chi connectivity index (χ2n) is 9.29. The normalized spacial score (nSPS) is 21.7.